The van der Waals surface area contributed by atoms with E-state index in [1.54, 1.807) is 4.68 Å². The van der Waals surface area contributed by atoms with Crippen LogP contribution >= 0.6 is 0 Å². The zero-order valence-electron chi connectivity index (χ0n) is 23.8. The molecule has 0 bridgehead atoms. The zero-order chi connectivity index (χ0) is 28.3. The van der Waals surface area contributed by atoms with Gasteiger partial charge in [0.2, 0.25) is 11.9 Å². The summed E-state index contributed by atoms with van der Waals surface area (Å²) in [5.41, 5.74) is 15.0. The molecule has 1 saturated carbocycles. The van der Waals surface area contributed by atoms with Crippen molar-refractivity contribution < 1.29 is 0 Å². The van der Waals surface area contributed by atoms with Gasteiger partial charge in [-0.2, -0.15) is 14.9 Å². The molecule has 3 aliphatic carbocycles. The van der Waals surface area contributed by atoms with Crippen molar-refractivity contribution in [3.8, 4) is 23.1 Å². The molecule has 3 heterocycles. The predicted molar refractivity (Wildman–Crippen MR) is 161 cm³/mol. The first kappa shape index (κ1) is 25.4. The van der Waals surface area contributed by atoms with Crippen LogP contribution in [0.5, 0.6) is 0 Å². The van der Waals surface area contributed by atoms with Crippen LogP contribution in [0.15, 0.2) is 48.5 Å². The number of nitriles is 1. The number of anilines is 3. The van der Waals surface area contributed by atoms with Crippen molar-refractivity contribution in [1.82, 2.24) is 29.9 Å². The largest absolute Gasteiger partial charge is 0.368 e. The van der Waals surface area contributed by atoms with Gasteiger partial charge < -0.3 is 11.1 Å². The van der Waals surface area contributed by atoms with E-state index in [1.165, 1.54) is 29.5 Å². The lowest BCUT2D eigenvalue weighted by Gasteiger charge is -2.26. The minimum atomic E-state index is 0.274. The molecule has 1 saturated heterocycles. The predicted octanol–water partition coefficient (Wildman–Crippen LogP) is 5.02. The molecule has 2 aromatic heterocycles. The highest BCUT2D eigenvalue weighted by Gasteiger charge is 2.58. The summed E-state index contributed by atoms with van der Waals surface area (Å²) in [5, 5.41) is 26.5. The van der Waals surface area contributed by atoms with Crippen molar-refractivity contribution in [1.29, 1.82) is 5.26 Å². The average Bonchev–Trinajstić information content (AvgIpc) is 3.51. The number of nitrogens with one attached hydrogen (secondary N) is 1. The van der Waals surface area contributed by atoms with Crippen LogP contribution in [0.2, 0.25) is 0 Å². The molecule has 3 atom stereocenters. The molecule has 4 aromatic rings. The molecule has 4 aliphatic rings. The van der Waals surface area contributed by atoms with Crippen LogP contribution in [0.3, 0.4) is 0 Å². The number of likely N-dealkylation sites (tertiary alicyclic amines) is 1. The number of benzene rings is 2. The highest BCUT2D eigenvalue weighted by atomic mass is 15.4. The normalized spacial score (nSPS) is 24.6. The third kappa shape index (κ3) is 4.42. The molecule has 1 aliphatic heterocycles. The summed E-state index contributed by atoms with van der Waals surface area (Å²) >= 11 is 0. The van der Waals surface area contributed by atoms with Gasteiger partial charge in [-0.15, -0.1) is 15.3 Å². The van der Waals surface area contributed by atoms with E-state index in [2.05, 4.69) is 79.0 Å². The van der Waals surface area contributed by atoms with E-state index in [9.17, 15) is 5.26 Å². The summed E-state index contributed by atoms with van der Waals surface area (Å²) in [5.74, 6) is 1.58. The first-order chi connectivity index (χ1) is 20.6. The van der Waals surface area contributed by atoms with Gasteiger partial charge in [0, 0.05) is 29.3 Å². The Balaban J connectivity index is 0.975. The molecule has 2 unspecified atom stereocenters. The van der Waals surface area contributed by atoms with E-state index < -0.39 is 0 Å². The maximum atomic E-state index is 9.38. The molecule has 3 N–H and O–H groups in total. The second-order valence-corrected chi connectivity index (χ2v) is 12.6. The van der Waals surface area contributed by atoms with Gasteiger partial charge in [-0.3, -0.25) is 4.90 Å². The van der Waals surface area contributed by atoms with Gasteiger partial charge in [-0.25, -0.2) is 0 Å². The van der Waals surface area contributed by atoms with Crippen LogP contribution in [0, 0.1) is 22.7 Å². The summed E-state index contributed by atoms with van der Waals surface area (Å²) in [6, 6.07) is 20.2. The van der Waals surface area contributed by atoms with Crippen LogP contribution < -0.4 is 11.1 Å². The van der Waals surface area contributed by atoms with Gasteiger partial charge in [-0.1, -0.05) is 30.3 Å². The van der Waals surface area contributed by atoms with E-state index in [-0.39, 0.29) is 11.9 Å². The molecule has 0 amide bonds. The number of hydrogen-bond acceptors (Lipinski definition) is 8. The molecule has 212 valence electrons. The molecule has 8 rings (SSSR count). The molecule has 0 radical (unpaired) electrons. The Morgan fingerprint density at radius 2 is 1.81 bits per heavy atom. The Kier molecular flexibility index (Phi) is 6.00. The van der Waals surface area contributed by atoms with Crippen LogP contribution in [0.1, 0.15) is 54.4 Å². The number of nitrogen functional groups attached to an aromatic ring is 1. The number of aromatic nitrogens is 5. The third-order valence-corrected chi connectivity index (χ3v) is 10.1. The quantitative estimate of drug-likeness (QED) is 0.336. The van der Waals surface area contributed by atoms with Gasteiger partial charge in [0.25, 0.3) is 0 Å². The average molecular weight is 558 g/mol. The standard InChI is InChI=1S/C33H35N9/c34-19-25-18-33(25)14-15-41(20-33)27-12-9-21-8-11-26(16-23(21)10-13-27)36-32-37-31(35)42(40-32)29-17-24-6-3-5-22-4-1-2-7-28(22)30(24)39-38-29/h1-2,4,7-8,11,16-17,25,27H,3,5-6,9-10,12-15,18,20H2,(H3,35,36,37,40)/t25?,27-,33?/m0/s1. The maximum Gasteiger partial charge on any atom is 0.248 e. The molecular weight excluding hydrogens is 522 g/mol. The molecule has 1 spiro atoms. The SMILES string of the molecule is N#CC1CC12CCN([C@H]1CCc3ccc(Nc4nc(N)n(-c5cc6c(nn5)-c5ccccc5CCC6)n4)cc3CC1)C2. The van der Waals surface area contributed by atoms with Gasteiger partial charge in [0.05, 0.1) is 17.7 Å². The van der Waals surface area contributed by atoms with Crippen molar-refractivity contribution in [2.45, 2.75) is 63.8 Å². The molecular formula is C33H35N9. The third-order valence-electron chi connectivity index (χ3n) is 10.1. The lowest BCUT2D eigenvalue weighted by molar-refractivity contribution is 0.210. The number of hydrogen-bond donors (Lipinski definition) is 2. The zero-order valence-corrected chi connectivity index (χ0v) is 23.8. The Bertz CT molecular complexity index is 1720. The van der Waals surface area contributed by atoms with Crippen LogP contribution in [-0.2, 0) is 25.7 Å². The lowest BCUT2D eigenvalue weighted by Crippen LogP contribution is -2.34. The van der Waals surface area contributed by atoms with E-state index in [0.29, 0.717) is 23.2 Å². The molecule has 2 fully saturated rings. The van der Waals surface area contributed by atoms with Crippen molar-refractivity contribution in [3.63, 3.8) is 0 Å². The summed E-state index contributed by atoms with van der Waals surface area (Å²) in [6.07, 6.45) is 9.81. The van der Waals surface area contributed by atoms with Gasteiger partial charge in [-0.05, 0) is 105 Å². The van der Waals surface area contributed by atoms with Crippen LogP contribution in [-0.4, -0.2) is 49.0 Å². The van der Waals surface area contributed by atoms with E-state index >= 15 is 0 Å². The highest BCUT2D eigenvalue weighted by molar-refractivity contribution is 5.68. The fourth-order valence-electron chi connectivity index (χ4n) is 7.61. The number of aryl methyl sites for hydroxylation is 4. The summed E-state index contributed by atoms with van der Waals surface area (Å²) < 4.78 is 1.57. The first-order valence-corrected chi connectivity index (χ1v) is 15.3. The minimum Gasteiger partial charge on any atom is -0.368 e. The maximum absolute atomic E-state index is 9.38. The fourth-order valence-corrected chi connectivity index (χ4v) is 7.61. The minimum absolute atomic E-state index is 0.274. The highest BCUT2D eigenvalue weighted by Crippen LogP contribution is 2.58. The Labute approximate surface area is 245 Å². The number of nitrogens with two attached hydrogens (primary N) is 1. The molecule has 2 aromatic carbocycles. The Morgan fingerprint density at radius 1 is 0.952 bits per heavy atom. The van der Waals surface area contributed by atoms with Crippen molar-refractivity contribution in [2.75, 3.05) is 24.1 Å². The van der Waals surface area contributed by atoms with Crippen molar-refractivity contribution in [3.05, 3.63) is 70.8 Å². The first-order valence-electron chi connectivity index (χ1n) is 15.3. The Hall–Kier alpha value is -4.29. The van der Waals surface area contributed by atoms with E-state index in [0.717, 1.165) is 80.5 Å². The van der Waals surface area contributed by atoms with Gasteiger partial charge >= 0.3 is 0 Å². The van der Waals surface area contributed by atoms with E-state index in [1.807, 2.05) is 6.07 Å². The number of nitrogens with zero attached hydrogens (tertiary/aromatic N) is 7. The Morgan fingerprint density at radius 3 is 2.69 bits per heavy atom. The lowest BCUT2D eigenvalue weighted by atomic mass is 10.0. The van der Waals surface area contributed by atoms with E-state index in [4.69, 9.17) is 5.73 Å². The fraction of sp³-hybridized carbons (Fsp3) is 0.424. The van der Waals surface area contributed by atoms with Crippen molar-refractivity contribution >= 4 is 17.6 Å². The number of fused-ring (bicyclic) bond motifs is 4. The van der Waals surface area contributed by atoms with Crippen LogP contribution in [0.25, 0.3) is 17.1 Å². The van der Waals surface area contributed by atoms with Crippen LogP contribution in [0.4, 0.5) is 17.6 Å². The second-order valence-electron chi connectivity index (χ2n) is 12.6. The van der Waals surface area contributed by atoms with Gasteiger partial charge in [0.15, 0.2) is 5.82 Å². The molecule has 9 nitrogen and oxygen atoms in total. The molecule has 42 heavy (non-hydrogen) atoms. The monoisotopic (exact) mass is 557 g/mol. The topological polar surface area (TPSA) is 122 Å². The van der Waals surface area contributed by atoms with Crippen molar-refractivity contribution in [2.24, 2.45) is 11.3 Å². The molecule has 9 heteroatoms. The summed E-state index contributed by atoms with van der Waals surface area (Å²) in [7, 11) is 0. The smallest absolute Gasteiger partial charge is 0.248 e. The second kappa shape index (κ2) is 9.92. The number of rotatable bonds is 4. The van der Waals surface area contributed by atoms with Gasteiger partial charge in [0.1, 0.15) is 0 Å². The summed E-state index contributed by atoms with van der Waals surface area (Å²) in [6.45, 7) is 2.25. The summed E-state index contributed by atoms with van der Waals surface area (Å²) in [4.78, 5) is 7.17.